The number of oxazole rings is 1. The van der Waals surface area contributed by atoms with E-state index in [0.717, 1.165) is 112 Å². The molecule has 0 aliphatic carbocycles. The van der Waals surface area contributed by atoms with Crippen LogP contribution in [0.2, 0.25) is 0 Å². The molecule has 77 heavy (non-hydrogen) atoms. The molecule has 0 radical (unpaired) electrons. The number of hydrogen-bond donors (Lipinski definition) is 5. The monoisotopic (exact) mass is 1010 g/mol. The third-order valence-electron chi connectivity index (χ3n) is 12.7. The van der Waals surface area contributed by atoms with Gasteiger partial charge in [-0.05, 0) is 67.1 Å². The number of fused-ring (bicyclic) bond motifs is 3. The van der Waals surface area contributed by atoms with Crippen molar-refractivity contribution in [1.82, 2.24) is 60.3 Å². The van der Waals surface area contributed by atoms with E-state index >= 15 is 0 Å². The fourth-order valence-electron chi connectivity index (χ4n) is 9.03. The van der Waals surface area contributed by atoms with Crippen LogP contribution in [-0.4, -0.2) is 66.0 Å². The summed E-state index contributed by atoms with van der Waals surface area (Å²) in [6.07, 6.45) is 19.4. The number of aromatic nitrogens is 12. The third-order valence-corrected chi connectivity index (χ3v) is 12.7. The van der Waals surface area contributed by atoms with Crippen LogP contribution < -0.4 is 9.47 Å². The van der Waals surface area contributed by atoms with Gasteiger partial charge in [-0.2, -0.15) is 10.2 Å². The molecule has 372 valence electrons. The van der Waals surface area contributed by atoms with Gasteiger partial charge in [-0.3, -0.25) is 15.0 Å². The summed E-state index contributed by atoms with van der Waals surface area (Å²) in [6.45, 7) is 1.57. The molecule has 16 heteroatoms. The normalized spacial score (nSPS) is 11.0. The topological polar surface area (TPSA) is 218 Å². The Morgan fingerprint density at radius 1 is 0.468 bits per heavy atom. The number of carbonyl (C=O) groups is 1. The first-order valence-electron chi connectivity index (χ1n) is 24.4. The van der Waals surface area contributed by atoms with E-state index in [9.17, 15) is 4.79 Å². The zero-order valence-electron chi connectivity index (χ0n) is 41.0. The highest BCUT2D eigenvalue weighted by atomic mass is 16.5. The summed E-state index contributed by atoms with van der Waals surface area (Å²) in [5, 5.41) is 16.7. The van der Waals surface area contributed by atoms with Crippen LogP contribution in [0, 0.1) is 0 Å². The van der Waals surface area contributed by atoms with Gasteiger partial charge in [-0.15, -0.1) is 0 Å². The first-order chi connectivity index (χ1) is 38.0. The van der Waals surface area contributed by atoms with Gasteiger partial charge in [0.15, 0.2) is 23.8 Å². The van der Waals surface area contributed by atoms with Crippen molar-refractivity contribution >= 4 is 38.9 Å². The van der Waals surface area contributed by atoms with Gasteiger partial charge in [0.2, 0.25) is 0 Å². The number of Topliss-reactive ketones (excluding diaryl/α,β-unsaturated/α-hetero) is 1. The summed E-state index contributed by atoms with van der Waals surface area (Å²) in [5.74, 6) is 4.59. The van der Waals surface area contributed by atoms with Gasteiger partial charge in [0.05, 0.1) is 12.4 Å². The van der Waals surface area contributed by atoms with Gasteiger partial charge >= 0.3 is 0 Å². The highest BCUT2D eigenvalue weighted by molar-refractivity contribution is 6.02. The van der Waals surface area contributed by atoms with Gasteiger partial charge < -0.3 is 28.8 Å². The minimum Gasteiger partial charge on any atom is -0.457 e. The van der Waals surface area contributed by atoms with Crippen LogP contribution in [0.1, 0.15) is 17.3 Å². The molecule has 0 unspecified atom stereocenters. The molecule has 0 saturated carbocycles. The molecule has 0 bridgehead atoms. The first kappa shape index (κ1) is 47.0. The zero-order chi connectivity index (χ0) is 51.9. The molecule has 0 saturated heterocycles. The van der Waals surface area contributed by atoms with Gasteiger partial charge in [0.1, 0.15) is 46.3 Å². The number of hydrogen-bond acceptors (Lipinski definition) is 11. The molecular formula is C61H44N12O4. The second-order valence-corrected chi connectivity index (χ2v) is 17.6. The molecule has 0 aliphatic rings. The second-order valence-electron chi connectivity index (χ2n) is 17.6. The van der Waals surface area contributed by atoms with Crippen LogP contribution in [0.25, 0.3) is 100 Å². The van der Waals surface area contributed by atoms with Crippen molar-refractivity contribution < 1.29 is 18.7 Å². The largest absolute Gasteiger partial charge is 0.457 e. The zero-order valence-corrected chi connectivity index (χ0v) is 41.0. The highest BCUT2D eigenvalue weighted by Crippen LogP contribution is 2.38. The second kappa shape index (κ2) is 21.2. The molecule has 0 fully saturated rings. The molecule has 5 N–H and O–H groups in total. The van der Waals surface area contributed by atoms with Crippen molar-refractivity contribution in [2.45, 2.75) is 6.92 Å². The number of rotatable bonds is 11. The van der Waals surface area contributed by atoms with Crippen LogP contribution in [0.4, 0.5) is 0 Å². The van der Waals surface area contributed by atoms with E-state index in [4.69, 9.17) is 13.9 Å². The van der Waals surface area contributed by atoms with Gasteiger partial charge in [0, 0.05) is 115 Å². The summed E-state index contributed by atoms with van der Waals surface area (Å²) in [4.78, 5) is 43.2. The van der Waals surface area contributed by atoms with E-state index in [2.05, 4.69) is 72.4 Å². The number of benzene rings is 5. The molecule has 0 aliphatic heterocycles. The molecule has 14 rings (SSSR count). The van der Waals surface area contributed by atoms with Crippen molar-refractivity contribution in [3.05, 3.63) is 226 Å². The quantitative estimate of drug-likeness (QED) is 0.0768. The smallest absolute Gasteiger partial charge is 0.181 e. The number of aromatic amines is 5. The molecular weight excluding hydrogens is 965 g/mol. The Kier molecular flexibility index (Phi) is 13.0. The Hall–Kier alpha value is -11.0. The van der Waals surface area contributed by atoms with E-state index in [-0.39, 0.29) is 5.78 Å². The molecule has 0 spiro atoms. The van der Waals surface area contributed by atoms with Crippen molar-refractivity contribution in [1.29, 1.82) is 0 Å². The lowest BCUT2D eigenvalue weighted by atomic mass is 9.98. The Bertz CT molecular complexity index is 4070. The Balaban J connectivity index is 0.000000117. The molecule has 9 aromatic heterocycles. The average molecular weight is 1010 g/mol. The van der Waals surface area contributed by atoms with Crippen LogP contribution in [0.3, 0.4) is 0 Å². The average Bonchev–Trinajstić information content (AvgIpc) is 4.40. The van der Waals surface area contributed by atoms with E-state index < -0.39 is 0 Å². The summed E-state index contributed by atoms with van der Waals surface area (Å²) in [5.41, 5.74) is 12.7. The molecule has 9 heterocycles. The summed E-state index contributed by atoms with van der Waals surface area (Å²) in [7, 11) is 0. The van der Waals surface area contributed by atoms with E-state index in [1.807, 2.05) is 183 Å². The SMILES string of the molecule is CC(=O)c1ccccc1-c1cnc2[nH]cc(-c3cnco3)c2c1.c1ccc(Oc2ccccc2-c2cnc3[nH]cc(-c4cn[nH]c4)c3c2)cc1.c1ccc(Oc2ccccc2-c2cnc3[nH]cc(-c4ncn[nH]4)c3c2)cc1. The number of ketones is 1. The fourth-order valence-corrected chi connectivity index (χ4v) is 9.03. The minimum atomic E-state index is 0.0326. The Morgan fingerprint density at radius 3 is 1.51 bits per heavy atom. The van der Waals surface area contributed by atoms with E-state index in [1.54, 1.807) is 19.3 Å². The Morgan fingerprint density at radius 2 is 0.974 bits per heavy atom. The predicted molar refractivity (Wildman–Crippen MR) is 296 cm³/mol. The van der Waals surface area contributed by atoms with Crippen molar-refractivity contribution in [2.75, 3.05) is 0 Å². The number of nitrogens with one attached hydrogen (secondary N) is 5. The fraction of sp³-hybridized carbons (Fsp3) is 0.0164. The highest BCUT2D eigenvalue weighted by Gasteiger charge is 2.17. The lowest BCUT2D eigenvalue weighted by Gasteiger charge is -2.11. The van der Waals surface area contributed by atoms with Crippen LogP contribution >= 0.6 is 0 Å². The maximum atomic E-state index is 11.9. The summed E-state index contributed by atoms with van der Waals surface area (Å²) >= 11 is 0. The van der Waals surface area contributed by atoms with E-state index in [1.165, 1.54) is 12.7 Å². The summed E-state index contributed by atoms with van der Waals surface area (Å²) < 4.78 is 17.6. The van der Waals surface area contributed by atoms with Crippen molar-refractivity contribution in [3.8, 4) is 90.2 Å². The van der Waals surface area contributed by atoms with E-state index in [0.29, 0.717) is 17.1 Å². The minimum absolute atomic E-state index is 0.0326. The number of para-hydroxylation sites is 4. The Labute approximate surface area is 438 Å². The molecule has 16 nitrogen and oxygen atoms in total. The molecule has 0 atom stereocenters. The number of pyridine rings is 3. The first-order valence-corrected chi connectivity index (χ1v) is 24.4. The van der Waals surface area contributed by atoms with Crippen LogP contribution in [-0.2, 0) is 0 Å². The standard InChI is InChI=1S/C22H16N4O.C21H15N5O.C18H13N3O2/c1-2-6-17(7-3-1)27-21-9-5-4-8-18(21)15-10-19-20(16-12-25-26-13-16)14-24-22(19)23-11-15;1-2-6-15(7-3-1)27-19-9-5-4-8-16(19)14-10-17-18(21-24-13-25-26-21)12-23-20(17)22-11-14;1-11(22)13-4-2-3-5-14(13)12-6-15-16(17-9-19-10-23-17)8-21-18(15)20-7-12/h1-14H,(H,23,24)(H,25,26);1-13H,(H,22,23)(H,24,25,26);2-10H,1H3,(H,20,21). The van der Waals surface area contributed by atoms with Gasteiger partial charge in [-0.25, -0.2) is 24.9 Å². The molecule has 14 aromatic rings. The molecule has 5 aromatic carbocycles. The van der Waals surface area contributed by atoms with Gasteiger partial charge in [-0.1, -0.05) is 97.1 Å². The number of H-pyrrole nitrogens is 5. The maximum Gasteiger partial charge on any atom is 0.181 e. The van der Waals surface area contributed by atoms with Crippen LogP contribution in [0.5, 0.6) is 23.0 Å². The predicted octanol–water partition coefficient (Wildman–Crippen LogP) is 14.3. The molecule has 0 amide bonds. The number of ether oxygens (including phenoxy) is 2. The van der Waals surface area contributed by atoms with Crippen molar-refractivity contribution in [2.24, 2.45) is 0 Å². The number of nitrogens with zero attached hydrogens (tertiary/aromatic N) is 7. The lowest BCUT2D eigenvalue weighted by molar-refractivity contribution is 0.101. The van der Waals surface area contributed by atoms with Crippen LogP contribution in [0.15, 0.2) is 225 Å². The van der Waals surface area contributed by atoms with Gasteiger partial charge in [0.25, 0.3) is 0 Å². The maximum absolute atomic E-state index is 11.9. The summed E-state index contributed by atoms with van der Waals surface area (Å²) in [6, 6.07) is 49.2. The lowest BCUT2D eigenvalue weighted by Crippen LogP contribution is -1.96. The number of carbonyl (C=O) groups excluding carboxylic acids is 1. The van der Waals surface area contributed by atoms with Crippen molar-refractivity contribution in [3.63, 3.8) is 0 Å². The third kappa shape index (κ3) is 9.95.